The number of hydrogen-bond acceptors (Lipinski definition) is 6. The molecular formula is C28H24F2N2O6S. The number of ether oxygens (including phenoxy) is 1. The largest absolute Gasteiger partial charge is 0.484 e. The fraction of sp³-hybridized carbons (Fsp3) is 0.214. The molecule has 1 fully saturated rings. The number of aliphatic carboxylic acids is 1. The number of carbonyl (C=O) groups is 4. The molecular weight excluding hydrogens is 530 g/mol. The minimum atomic E-state index is -1.17. The van der Waals surface area contributed by atoms with E-state index < -0.39 is 46.9 Å². The Labute approximate surface area is 226 Å². The molecule has 0 bridgehead atoms. The SMILES string of the molecule is C[C@@H](NC(=O)COc1ccc([C@]2(c3ccc(F)cc3)NC(=O)[C@@H]2SCC(=O)c2ccc(F)cc2)cc1)C(=O)O. The minimum absolute atomic E-state index is 0.0439. The van der Waals surface area contributed by atoms with Crippen molar-refractivity contribution in [2.24, 2.45) is 0 Å². The van der Waals surface area contributed by atoms with Crippen molar-refractivity contribution < 1.29 is 37.8 Å². The third-order valence-electron chi connectivity index (χ3n) is 6.23. The lowest BCUT2D eigenvalue weighted by Gasteiger charge is -2.49. The van der Waals surface area contributed by atoms with Crippen LogP contribution in [0, 0.1) is 11.6 Å². The number of ketones is 1. The van der Waals surface area contributed by atoms with E-state index in [-0.39, 0.29) is 17.4 Å². The van der Waals surface area contributed by atoms with Gasteiger partial charge >= 0.3 is 5.97 Å². The molecule has 3 aromatic carbocycles. The second-order valence-corrected chi connectivity index (χ2v) is 9.96. The molecule has 0 unspecified atom stereocenters. The summed E-state index contributed by atoms with van der Waals surface area (Å²) in [6, 6.07) is 16.3. The van der Waals surface area contributed by atoms with Crippen molar-refractivity contribution in [2.75, 3.05) is 12.4 Å². The highest BCUT2D eigenvalue weighted by molar-refractivity contribution is 8.01. The molecule has 11 heteroatoms. The van der Waals surface area contributed by atoms with Gasteiger partial charge in [0.25, 0.3) is 5.91 Å². The van der Waals surface area contributed by atoms with Gasteiger partial charge in [-0.2, -0.15) is 0 Å². The van der Waals surface area contributed by atoms with Crippen molar-refractivity contribution in [1.82, 2.24) is 10.6 Å². The summed E-state index contributed by atoms with van der Waals surface area (Å²) in [5, 5.41) is 13.4. The number of β-lactam (4-membered cyclic amide) rings is 1. The number of Topliss-reactive ketones (excluding diaryl/α,β-unsaturated/α-hetero) is 1. The normalized spacial score (nSPS) is 18.8. The maximum absolute atomic E-state index is 13.7. The van der Waals surface area contributed by atoms with Crippen molar-refractivity contribution >= 4 is 35.3 Å². The molecule has 3 atom stereocenters. The highest BCUT2D eigenvalue weighted by Gasteiger charge is 2.56. The second-order valence-electron chi connectivity index (χ2n) is 8.87. The zero-order chi connectivity index (χ0) is 28.2. The van der Waals surface area contributed by atoms with Crippen LogP contribution < -0.4 is 15.4 Å². The summed E-state index contributed by atoms with van der Waals surface area (Å²) in [6.07, 6.45) is 0. The van der Waals surface area contributed by atoms with Gasteiger partial charge in [0, 0.05) is 5.56 Å². The van der Waals surface area contributed by atoms with E-state index in [0.29, 0.717) is 22.4 Å². The van der Waals surface area contributed by atoms with Crippen LogP contribution in [0.4, 0.5) is 8.78 Å². The van der Waals surface area contributed by atoms with Gasteiger partial charge in [-0.25, -0.2) is 8.78 Å². The summed E-state index contributed by atoms with van der Waals surface area (Å²) < 4.78 is 32.4. The van der Waals surface area contributed by atoms with Gasteiger partial charge in [-0.15, -0.1) is 11.8 Å². The number of amides is 2. The predicted molar refractivity (Wildman–Crippen MR) is 139 cm³/mol. The molecule has 1 aliphatic rings. The lowest BCUT2D eigenvalue weighted by Crippen LogP contribution is -2.69. The lowest BCUT2D eigenvalue weighted by atomic mass is 9.74. The van der Waals surface area contributed by atoms with E-state index in [1.54, 1.807) is 36.4 Å². The molecule has 39 heavy (non-hydrogen) atoms. The topological polar surface area (TPSA) is 122 Å². The van der Waals surface area contributed by atoms with Crippen LogP contribution in [0.1, 0.15) is 28.4 Å². The van der Waals surface area contributed by atoms with E-state index in [4.69, 9.17) is 9.84 Å². The van der Waals surface area contributed by atoms with Gasteiger partial charge in [0.1, 0.15) is 34.2 Å². The van der Waals surface area contributed by atoms with Crippen LogP contribution in [-0.2, 0) is 19.9 Å². The van der Waals surface area contributed by atoms with Gasteiger partial charge in [0.15, 0.2) is 12.4 Å². The Hall–Kier alpha value is -4.25. The number of nitrogens with one attached hydrogen (secondary N) is 2. The molecule has 1 saturated heterocycles. The number of rotatable bonds is 11. The van der Waals surface area contributed by atoms with Gasteiger partial charge in [-0.3, -0.25) is 19.2 Å². The van der Waals surface area contributed by atoms with Crippen LogP contribution in [-0.4, -0.2) is 52.3 Å². The first-order chi connectivity index (χ1) is 18.6. The summed E-state index contributed by atoms with van der Waals surface area (Å²) >= 11 is 1.12. The van der Waals surface area contributed by atoms with Crippen LogP contribution in [0.2, 0.25) is 0 Å². The fourth-order valence-corrected chi connectivity index (χ4v) is 5.43. The predicted octanol–water partition coefficient (Wildman–Crippen LogP) is 3.29. The van der Waals surface area contributed by atoms with Crippen molar-refractivity contribution in [1.29, 1.82) is 0 Å². The maximum atomic E-state index is 13.7. The Morgan fingerprint density at radius 2 is 1.51 bits per heavy atom. The van der Waals surface area contributed by atoms with E-state index in [2.05, 4.69) is 10.6 Å². The number of carboxylic acid groups (broad SMARTS) is 1. The zero-order valence-corrected chi connectivity index (χ0v) is 21.5. The molecule has 0 saturated carbocycles. The van der Waals surface area contributed by atoms with E-state index in [1.165, 1.54) is 43.3 Å². The van der Waals surface area contributed by atoms with Crippen LogP contribution in [0.5, 0.6) is 5.75 Å². The Bertz CT molecular complexity index is 1380. The molecule has 3 aromatic rings. The fourth-order valence-electron chi connectivity index (χ4n) is 4.16. The summed E-state index contributed by atoms with van der Waals surface area (Å²) in [5.74, 6) is -2.98. The van der Waals surface area contributed by atoms with E-state index in [1.807, 2.05) is 0 Å². The number of carboxylic acids is 1. The summed E-state index contributed by atoms with van der Waals surface area (Å²) in [6.45, 7) is 0.930. The molecule has 202 valence electrons. The maximum Gasteiger partial charge on any atom is 0.325 e. The molecule has 1 aliphatic heterocycles. The van der Waals surface area contributed by atoms with Gasteiger partial charge in [-0.1, -0.05) is 24.3 Å². The molecule has 2 amide bonds. The highest BCUT2D eigenvalue weighted by Crippen LogP contribution is 2.45. The van der Waals surface area contributed by atoms with E-state index in [9.17, 15) is 28.0 Å². The average molecular weight is 555 g/mol. The first kappa shape index (κ1) is 27.8. The monoisotopic (exact) mass is 554 g/mol. The van der Waals surface area contributed by atoms with Crippen LogP contribution in [0.15, 0.2) is 72.8 Å². The van der Waals surface area contributed by atoms with Crippen molar-refractivity contribution in [3.8, 4) is 5.75 Å². The van der Waals surface area contributed by atoms with Crippen LogP contribution >= 0.6 is 11.8 Å². The Morgan fingerprint density at radius 3 is 2.05 bits per heavy atom. The Balaban J connectivity index is 1.53. The molecule has 1 heterocycles. The minimum Gasteiger partial charge on any atom is -0.484 e. The van der Waals surface area contributed by atoms with Gasteiger partial charge in [0.05, 0.1) is 5.75 Å². The van der Waals surface area contributed by atoms with E-state index in [0.717, 1.165) is 11.8 Å². The second kappa shape index (κ2) is 11.6. The third kappa shape index (κ3) is 6.09. The summed E-state index contributed by atoms with van der Waals surface area (Å²) in [5.41, 5.74) is 0.479. The van der Waals surface area contributed by atoms with Crippen molar-refractivity contribution in [3.05, 3.63) is 101 Å². The van der Waals surface area contributed by atoms with Gasteiger partial charge < -0.3 is 20.5 Å². The number of hydrogen-bond donors (Lipinski definition) is 3. The lowest BCUT2D eigenvalue weighted by molar-refractivity contribution is -0.141. The quantitative estimate of drug-likeness (QED) is 0.246. The van der Waals surface area contributed by atoms with E-state index >= 15 is 0 Å². The third-order valence-corrected chi connectivity index (χ3v) is 7.56. The number of carbonyl (C=O) groups excluding carboxylic acids is 3. The van der Waals surface area contributed by atoms with Crippen molar-refractivity contribution in [3.63, 3.8) is 0 Å². The van der Waals surface area contributed by atoms with Gasteiger partial charge in [0.2, 0.25) is 5.91 Å². The first-order valence-corrected chi connectivity index (χ1v) is 12.9. The molecule has 4 rings (SSSR count). The molecule has 3 N–H and O–H groups in total. The van der Waals surface area contributed by atoms with Crippen molar-refractivity contribution in [2.45, 2.75) is 23.8 Å². The highest BCUT2D eigenvalue weighted by atomic mass is 32.2. The molecule has 8 nitrogen and oxygen atoms in total. The Morgan fingerprint density at radius 1 is 0.974 bits per heavy atom. The molecule has 0 aliphatic carbocycles. The molecule has 0 radical (unpaired) electrons. The molecule has 0 spiro atoms. The summed E-state index contributed by atoms with van der Waals surface area (Å²) in [7, 11) is 0. The smallest absolute Gasteiger partial charge is 0.325 e. The number of benzene rings is 3. The van der Waals surface area contributed by atoms with Gasteiger partial charge in [-0.05, 0) is 66.6 Å². The first-order valence-electron chi connectivity index (χ1n) is 11.8. The van der Waals surface area contributed by atoms with Crippen LogP contribution in [0.25, 0.3) is 0 Å². The Kier molecular flexibility index (Phi) is 8.29. The van der Waals surface area contributed by atoms with Crippen LogP contribution in [0.3, 0.4) is 0 Å². The standard InChI is InChI=1S/C28H24F2N2O6S/c1-16(27(36)37)31-24(34)14-38-22-12-6-19(7-13-22)28(18-4-10-21(30)11-5-18)25(26(35)32-28)39-15-23(33)17-2-8-20(29)9-3-17/h2-13,16,25H,14-15H2,1H3,(H,31,34)(H,32,35)(H,36,37)/t16-,25+,28+/m1/s1. The average Bonchev–Trinajstić information content (AvgIpc) is 2.91. The number of thioether (sulfide) groups is 1. The summed E-state index contributed by atoms with van der Waals surface area (Å²) in [4.78, 5) is 48.3. The zero-order valence-electron chi connectivity index (χ0n) is 20.6. The number of halogens is 2. The molecule has 0 aromatic heterocycles.